The van der Waals surface area contributed by atoms with Gasteiger partial charge in [-0.3, -0.25) is 0 Å². The number of thiophene rings is 1. The highest BCUT2D eigenvalue weighted by molar-refractivity contribution is 7.20. The summed E-state index contributed by atoms with van der Waals surface area (Å²) in [5.74, 6) is -0.473. The number of carbonyl (C=O) groups is 1. The molecule has 3 nitrogen and oxygen atoms in total. The number of hydrogen-bond acceptors (Lipinski definition) is 3. The molecule has 2 aromatic heterocycles. The van der Waals surface area contributed by atoms with Crippen molar-refractivity contribution >= 4 is 27.5 Å². The summed E-state index contributed by atoms with van der Waals surface area (Å²) in [6.07, 6.45) is 1.81. The van der Waals surface area contributed by atoms with E-state index in [0.29, 0.717) is 10.8 Å². The maximum Gasteiger partial charge on any atom is 0.345 e. The van der Waals surface area contributed by atoms with Crippen LogP contribution < -0.4 is 0 Å². The Morgan fingerprint density at radius 3 is 2.80 bits per heavy atom. The molecule has 2 rings (SSSR count). The van der Waals surface area contributed by atoms with Gasteiger partial charge in [0.05, 0.1) is 0 Å². The van der Waals surface area contributed by atoms with Crippen LogP contribution in [0.5, 0.6) is 0 Å². The van der Waals surface area contributed by atoms with Gasteiger partial charge < -0.3 is 5.11 Å². The third-order valence-electron chi connectivity index (χ3n) is 2.27. The molecule has 1 N–H and O–H groups in total. The molecule has 0 aromatic carbocycles. The van der Waals surface area contributed by atoms with Crippen molar-refractivity contribution in [2.75, 3.05) is 0 Å². The van der Waals surface area contributed by atoms with Gasteiger partial charge in [0, 0.05) is 11.6 Å². The molecule has 78 valence electrons. The van der Waals surface area contributed by atoms with Gasteiger partial charge >= 0.3 is 5.97 Å². The molecule has 4 heteroatoms. The summed E-state index contributed by atoms with van der Waals surface area (Å²) in [4.78, 5) is 16.2. The normalized spacial score (nSPS) is 11.1. The second-order valence-electron chi connectivity index (χ2n) is 3.73. The van der Waals surface area contributed by atoms with Crippen molar-refractivity contribution in [3.8, 4) is 0 Å². The van der Waals surface area contributed by atoms with Gasteiger partial charge in [-0.1, -0.05) is 13.8 Å². The van der Waals surface area contributed by atoms with E-state index in [1.165, 1.54) is 11.3 Å². The number of fused-ring (bicyclic) bond motifs is 1. The highest BCUT2D eigenvalue weighted by Crippen LogP contribution is 2.26. The van der Waals surface area contributed by atoms with Crippen LogP contribution in [0.1, 0.15) is 35.0 Å². The molecule has 15 heavy (non-hydrogen) atoms. The number of pyridine rings is 1. The number of nitrogens with zero attached hydrogens (tertiary/aromatic N) is 1. The Kier molecular flexibility index (Phi) is 2.44. The Morgan fingerprint density at radius 1 is 1.47 bits per heavy atom. The van der Waals surface area contributed by atoms with Gasteiger partial charge in [0.2, 0.25) is 0 Å². The summed E-state index contributed by atoms with van der Waals surface area (Å²) in [5, 5.41) is 9.77. The maximum absolute atomic E-state index is 10.8. The minimum Gasteiger partial charge on any atom is -0.477 e. The first-order valence-electron chi connectivity index (χ1n) is 4.70. The summed E-state index contributed by atoms with van der Waals surface area (Å²) in [7, 11) is 0. The van der Waals surface area contributed by atoms with E-state index < -0.39 is 5.97 Å². The van der Waals surface area contributed by atoms with E-state index in [4.69, 9.17) is 5.11 Å². The molecule has 2 heterocycles. The van der Waals surface area contributed by atoms with Crippen LogP contribution in [0.25, 0.3) is 10.2 Å². The second-order valence-corrected chi connectivity index (χ2v) is 4.76. The van der Waals surface area contributed by atoms with E-state index >= 15 is 0 Å². The van der Waals surface area contributed by atoms with Crippen LogP contribution in [0.15, 0.2) is 18.3 Å². The summed E-state index contributed by atoms with van der Waals surface area (Å²) in [6, 6.07) is 3.69. The van der Waals surface area contributed by atoms with Crippen LogP contribution in [0.4, 0.5) is 0 Å². The number of carboxylic acid groups (broad SMARTS) is 1. The largest absolute Gasteiger partial charge is 0.477 e. The Bertz CT molecular complexity index is 516. The molecule has 0 aliphatic carbocycles. The van der Waals surface area contributed by atoms with Crippen molar-refractivity contribution in [3.63, 3.8) is 0 Å². The average molecular weight is 221 g/mol. The van der Waals surface area contributed by atoms with Crippen LogP contribution >= 0.6 is 11.3 Å². The third-order valence-corrected chi connectivity index (χ3v) is 3.32. The van der Waals surface area contributed by atoms with Crippen LogP contribution in [-0.4, -0.2) is 16.1 Å². The average Bonchev–Trinajstić information content (AvgIpc) is 2.59. The first-order chi connectivity index (χ1) is 7.08. The number of carboxylic acids is 1. The molecular formula is C11H11NO2S. The lowest BCUT2D eigenvalue weighted by molar-refractivity contribution is 0.0702. The minimum atomic E-state index is -0.885. The zero-order chi connectivity index (χ0) is 11.0. The van der Waals surface area contributed by atoms with E-state index in [1.807, 2.05) is 12.3 Å². The zero-order valence-electron chi connectivity index (χ0n) is 8.52. The molecule has 0 aliphatic heterocycles. The van der Waals surface area contributed by atoms with Crippen molar-refractivity contribution in [1.29, 1.82) is 0 Å². The standard InChI is InChI=1S/C11H11NO2S/c1-6(2)8-3-7-4-9(11(13)14)15-10(7)12-5-8/h3-6H,1-2H3,(H,13,14). The van der Waals surface area contributed by atoms with E-state index in [9.17, 15) is 4.79 Å². The summed E-state index contributed by atoms with van der Waals surface area (Å²) in [5.41, 5.74) is 1.14. The van der Waals surface area contributed by atoms with Crippen molar-refractivity contribution in [2.45, 2.75) is 19.8 Å². The minimum absolute atomic E-state index is 0.346. The zero-order valence-corrected chi connectivity index (χ0v) is 9.34. The van der Waals surface area contributed by atoms with Gasteiger partial charge in [-0.05, 0) is 23.6 Å². The van der Waals surface area contributed by atoms with E-state index in [0.717, 1.165) is 15.8 Å². The number of aromatic nitrogens is 1. The van der Waals surface area contributed by atoms with Crippen molar-refractivity contribution < 1.29 is 9.90 Å². The Balaban J connectivity index is 2.57. The molecule has 0 unspecified atom stereocenters. The van der Waals surface area contributed by atoms with Crippen molar-refractivity contribution in [3.05, 3.63) is 28.8 Å². The van der Waals surface area contributed by atoms with Gasteiger partial charge in [0.25, 0.3) is 0 Å². The van der Waals surface area contributed by atoms with Crippen LogP contribution in [0.3, 0.4) is 0 Å². The molecule has 0 radical (unpaired) electrons. The molecule has 0 aliphatic rings. The van der Waals surface area contributed by atoms with Crippen LogP contribution in [-0.2, 0) is 0 Å². The summed E-state index contributed by atoms with van der Waals surface area (Å²) < 4.78 is 0. The number of aromatic carboxylic acids is 1. The Hall–Kier alpha value is -1.42. The quantitative estimate of drug-likeness (QED) is 0.847. The molecule has 0 saturated heterocycles. The highest BCUT2D eigenvalue weighted by atomic mass is 32.1. The molecule has 0 saturated carbocycles. The first kappa shape index (κ1) is 10.1. The fraction of sp³-hybridized carbons (Fsp3) is 0.273. The number of hydrogen-bond donors (Lipinski definition) is 1. The number of rotatable bonds is 2. The summed E-state index contributed by atoms with van der Waals surface area (Å²) in [6.45, 7) is 4.18. The Labute approximate surface area is 91.4 Å². The molecule has 0 spiro atoms. The molecule has 2 aromatic rings. The third kappa shape index (κ3) is 1.85. The fourth-order valence-corrected chi connectivity index (χ4v) is 2.19. The van der Waals surface area contributed by atoms with Crippen molar-refractivity contribution in [2.24, 2.45) is 0 Å². The van der Waals surface area contributed by atoms with Crippen LogP contribution in [0.2, 0.25) is 0 Å². The molecular weight excluding hydrogens is 210 g/mol. The predicted octanol–water partition coefficient (Wildman–Crippen LogP) is 3.12. The second kappa shape index (κ2) is 3.62. The van der Waals surface area contributed by atoms with E-state index in [-0.39, 0.29) is 0 Å². The van der Waals surface area contributed by atoms with Gasteiger partial charge in [-0.2, -0.15) is 0 Å². The fourth-order valence-electron chi connectivity index (χ4n) is 1.37. The molecule has 0 atom stereocenters. The predicted molar refractivity (Wildman–Crippen MR) is 60.7 cm³/mol. The first-order valence-corrected chi connectivity index (χ1v) is 5.52. The van der Waals surface area contributed by atoms with Crippen molar-refractivity contribution in [1.82, 2.24) is 4.98 Å². The van der Waals surface area contributed by atoms with Gasteiger partial charge in [0.15, 0.2) is 0 Å². The molecule has 0 amide bonds. The smallest absolute Gasteiger partial charge is 0.345 e. The SMILES string of the molecule is CC(C)c1cnc2sc(C(=O)O)cc2c1. The Morgan fingerprint density at radius 2 is 2.20 bits per heavy atom. The van der Waals surface area contributed by atoms with Gasteiger partial charge in [-0.25, -0.2) is 9.78 Å². The molecule has 0 bridgehead atoms. The van der Waals surface area contributed by atoms with E-state index in [1.54, 1.807) is 6.07 Å². The molecule has 0 fully saturated rings. The lowest BCUT2D eigenvalue weighted by Crippen LogP contribution is -1.89. The van der Waals surface area contributed by atoms with E-state index in [2.05, 4.69) is 18.8 Å². The van der Waals surface area contributed by atoms with Crippen LogP contribution in [0, 0.1) is 0 Å². The summed E-state index contributed by atoms with van der Waals surface area (Å²) >= 11 is 1.22. The monoisotopic (exact) mass is 221 g/mol. The van der Waals surface area contributed by atoms with Gasteiger partial charge in [0.1, 0.15) is 9.71 Å². The van der Waals surface area contributed by atoms with Gasteiger partial charge in [-0.15, -0.1) is 11.3 Å². The topological polar surface area (TPSA) is 50.2 Å². The highest BCUT2D eigenvalue weighted by Gasteiger charge is 2.10. The maximum atomic E-state index is 10.8. The lowest BCUT2D eigenvalue weighted by atomic mass is 10.1. The lowest BCUT2D eigenvalue weighted by Gasteiger charge is -2.02.